The van der Waals surface area contributed by atoms with Crippen LogP contribution >= 0.6 is 22.9 Å². The van der Waals surface area contributed by atoms with Gasteiger partial charge in [-0.2, -0.15) is 14.9 Å². The smallest absolute Gasteiger partial charge is 0.213 e. The predicted octanol–water partition coefficient (Wildman–Crippen LogP) is 3.29. The van der Waals surface area contributed by atoms with Gasteiger partial charge < -0.3 is 0 Å². The first-order valence-corrected chi connectivity index (χ1v) is 6.41. The van der Waals surface area contributed by atoms with E-state index in [0.717, 1.165) is 10.6 Å². The van der Waals surface area contributed by atoms with Crippen LogP contribution in [0.25, 0.3) is 15.5 Å². The van der Waals surface area contributed by atoms with E-state index in [2.05, 4.69) is 16.2 Å². The standard InChI is InChI=1S/C12H7ClN4S/c1-7-10(6-14)17-12(15-7)18-11(16-17)8-4-2-3-5-9(8)13/h2-5H,1H3. The molecule has 3 aromatic rings. The van der Waals surface area contributed by atoms with E-state index in [4.69, 9.17) is 16.9 Å². The maximum atomic E-state index is 9.07. The minimum Gasteiger partial charge on any atom is -0.221 e. The van der Waals surface area contributed by atoms with Crippen LogP contribution in [0, 0.1) is 18.3 Å². The second-order valence-electron chi connectivity index (χ2n) is 3.74. The van der Waals surface area contributed by atoms with Gasteiger partial charge in [-0.3, -0.25) is 0 Å². The molecule has 0 unspecified atom stereocenters. The highest BCUT2D eigenvalue weighted by atomic mass is 35.5. The maximum absolute atomic E-state index is 9.07. The Bertz CT molecular complexity index is 781. The van der Waals surface area contributed by atoms with Crippen LogP contribution in [-0.2, 0) is 0 Å². The topological polar surface area (TPSA) is 54.0 Å². The lowest BCUT2D eigenvalue weighted by Gasteiger charge is -1.97. The Balaban J connectivity index is 2.25. The fourth-order valence-electron chi connectivity index (χ4n) is 1.72. The van der Waals surface area contributed by atoms with Gasteiger partial charge in [-0.15, -0.1) is 0 Å². The lowest BCUT2D eigenvalue weighted by atomic mass is 10.2. The normalized spacial score (nSPS) is 10.7. The minimum absolute atomic E-state index is 0.472. The molecule has 0 aliphatic rings. The molecule has 1 aromatic carbocycles. The fourth-order valence-corrected chi connectivity index (χ4v) is 2.99. The molecule has 3 rings (SSSR count). The van der Waals surface area contributed by atoms with Crippen molar-refractivity contribution in [3.8, 4) is 16.6 Å². The number of hydrogen-bond donors (Lipinski definition) is 0. The van der Waals surface area contributed by atoms with Crippen LogP contribution in [0.5, 0.6) is 0 Å². The van der Waals surface area contributed by atoms with Crippen molar-refractivity contribution in [2.24, 2.45) is 0 Å². The number of halogens is 1. The van der Waals surface area contributed by atoms with Gasteiger partial charge in [0.2, 0.25) is 4.96 Å². The van der Waals surface area contributed by atoms with E-state index < -0.39 is 0 Å². The summed E-state index contributed by atoms with van der Waals surface area (Å²) in [7, 11) is 0. The van der Waals surface area contributed by atoms with Crippen molar-refractivity contribution in [1.82, 2.24) is 14.6 Å². The van der Waals surface area contributed by atoms with Crippen LogP contribution in [0.2, 0.25) is 5.02 Å². The predicted molar refractivity (Wildman–Crippen MR) is 70.8 cm³/mol. The Hall–Kier alpha value is -1.90. The second kappa shape index (κ2) is 4.09. The lowest BCUT2D eigenvalue weighted by Crippen LogP contribution is -1.90. The zero-order valence-corrected chi connectivity index (χ0v) is 11.0. The van der Waals surface area contributed by atoms with Crippen molar-refractivity contribution >= 4 is 27.9 Å². The van der Waals surface area contributed by atoms with Gasteiger partial charge in [-0.05, 0) is 13.0 Å². The summed E-state index contributed by atoms with van der Waals surface area (Å²) in [6, 6.07) is 9.60. The van der Waals surface area contributed by atoms with Crippen molar-refractivity contribution in [2.45, 2.75) is 6.92 Å². The number of imidazole rings is 1. The molecule has 0 atom stereocenters. The monoisotopic (exact) mass is 274 g/mol. The third-order valence-corrected chi connectivity index (χ3v) is 3.86. The van der Waals surface area contributed by atoms with E-state index in [1.807, 2.05) is 24.3 Å². The molecular weight excluding hydrogens is 268 g/mol. The molecular formula is C12H7ClN4S. The number of nitrogens with zero attached hydrogens (tertiary/aromatic N) is 4. The van der Waals surface area contributed by atoms with Crippen molar-refractivity contribution in [2.75, 3.05) is 0 Å². The van der Waals surface area contributed by atoms with Crippen LogP contribution in [-0.4, -0.2) is 14.6 Å². The molecule has 0 spiro atoms. The van der Waals surface area contributed by atoms with E-state index in [1.54, 1.807) is 11.4 Å². The molecule has 4 nitrogen and oxygen atoms in total. The number of fused-ring (bicyclic) bond motifs is 1. The first-order chi connectivity index (χ1) is 8.70. The molecule has 18 heavy (non-hydrogen) atoms. The molecule has 0 radical (unpaired) electrons. The Morgan fingerprint density at radius 2 is 2.17 bits per heavy atom. The third kappa shape index (κ3) is 1.58. The highest BCUT2D eigenvalue weighted by molar-refractivity contribution is 7.19. The number of rotatable bonds is 1. The number of aromatic nitrogens is 3. The fraction of sp³-hybridized carbons (Fsp3) is 0.0833. The highest BCUT2D eigenvalue weighted by Crippen LogP contribution is 2.31. The van der Waals surface area contributed by atoms with Crippen molar-refractivity contribution < 1.29 is 0 Å². The SMILES string of the molecule is Cc1nc2sc(-c3ccccc3Cl)nn2c1C#N. The summed E-state index contributed by atoms with van der Waals surface area (Å²) in [5.74, 6) is 0. The zero-order valence-electron chi connectivity index (χ0n) is 9.38. The quantitative estimate of drug-likeness (QED) is 0.684. The van der Waals surface area contributed by atoms with E-state index in [9.17, 15) is 0 Å². The molecule has 0 bridgehead atoms. The first-order valence-electron chi connectivity index (χ1n) is 5.22. The van der Waals surface area contributed by atoms with E-state index >= 15 is 0 Å². The summed E-state index contributed by atoms with van der Waals surface area (Å²) >= 11 is 7.55. The Kier molecular flexibility index (Phi) is 2.54. The summed E-state index contributed by atoms with van der Waals surface area (Å²) in [4.78, 5) is 5.02. The zero-order chi connectivity index (χ0) is 12.7. The summed E-state index contributed by atoms with van der Waals surface area (Å²) in [6.45, 7) is 1.80. The Morgan fingerprint density at radius 3 is 2.89 bits per heavy atom. The molecule has 0 saturated heterocycles. The number of nitriles is 1. The summed E-state index contributed by atoms with van der Waals surface area (Å²) < 4.78 is 1.57. The maximum Gasteiger partial charge on any atom is 0.213 e. The molecule has 0 fully saturated rings. The third-order valence-electron chi connectivity index (χ3n) is 2.59. The first kappa shape index (κ1) is 11.2. The molecule has 0 saturated carbocycles. The van der Waals surface area contributed by atoms with Crippen LogP contribution in [0.15, 0.2) is 24.3 Å². The number of aryl methyl sites for hydroxylation is 1. The molecule has 0 amide bonds. The molecule has 0 aliphatic carbocycles. The molecule has 2 aromatic heterocycles. The van der Waals surface area contributed by atoms with Crippen molar-refractivity contribution in [3.63, 3.8) is 0 Å². The van der Waals surface area contributed by atoms with Gasteiger partial charge in [-0.1, -0.05) is 41.1 Å². The van der Waals surface area contributed by atoms with Crippen LogP contribution in [0.3, 0.4) is 0 Å². The average molecular weight is 275 g/mol. The Labute approximate surface area is 112 Å². The van der Waals surface area contributed by atoms with Gasteiger partial charge in [0.25, 0.3) is 0 Å². The largest absolute Gasteiger partial charge is 0.221 e. The summed E-state index contributed by atoms with van der Waals surface area (Å²) in [6.07, 6.45) is 0. The molecule has 0 aliphatic heterocycles. The van der Waals surface area contributed by atoms with Crippen LogP contribution in [0.4, 0.5) is 0 Å². The van der Waals surface area contributed by atoms with Gasteiger partial charge in [0.15, 0.2) is 5.69 Å². The van der Waals surface area contributed by atoms with Gasteiger partial charge >= 0.3 is 0 Å². The van der Waals surface area contributed by atoms with Gasteiger partial charge in [0.1, 0.15) is 11.1 Å². The lowest BCUT2D eigenvalue weighted by molar-refractivity contribution is 0.955. The number of benzene rings is 1. The van der Waals surface area contributed by atoms with Crippen molar-refractivity contribution in [1.29, 1.82) is 5.26 Å². The summed E-state index contributed by atoms with van der Waals surface area (Å²) in [5.41, 5.74) is 2.03. The van der Waals surface area contributed by atoms with E-state index in [-0.39, 0.29) is 0 Å². The van der Waals surface area contributed by atoms with Gasteiger partial charge in [0, 0.05) is 5.56 Å². The molecule has 0 N–H and O–H groups in total. The Morgan fingerprint density at radius 1 is 1.39 bits per heavy atom. The summed E-state index contributed by atoms with van der Waals surface area (Å²) in [5, 5.41) is 14.9. The second-order valence-corrected chi connectivity index (χ2v) is 5.10. The number of hydrogen-bond acceptors (Lipinski definition) is 4. The van der Waals surface area contributed by atoms with Crippen LogP contribution < -0.4 is 0 Å². The minimum atomic E-state index is 0.472. The molecule has 2 heterocycles. The molecule has 88 valence electrons. The highest BCUT2D eigenvalue weighted by Gasteiger charge is 2.15. The van der Waals surface area contributed by atoms with Gasteiger partial charge in [0.05, 0.1) is 10.7 Å². The van der Waals surface area contributed by atoms with E-state index in [0.29, 0.717) is 21.4 Å². The van der Waals surface area contributed by atoms with E-state index in [1.165, 1.54) is 11.3 Å². The van der Waals surface area contributed by atoms with Crippen molar-refractivity contribution in [3.05, 3.63) is 40.7 Å². The average Bonchev–Trinajstić information content (AvgIpc) is 2.86. The molecule has 6 heteroatoms. The van der Waals surface area contributed by atoms with Crippen LogP contribution in [0.1, 0.15) is 11.4 Å². The van der Waals surface area contributed by atoms with Gasteiger partial charge in [-0.25, -0.2) is 4.98 Å².